The van der Waals surface area contributed by atoms with Crippen molar-refractivity contribution in [1.82, 2.24) is 19.3 Å². The zero-order valence-corrected chi connectivity index (χ0v) is 30.1. The second-order valence-electron chi connectivity index (χ2n) is 13.2. The number of fused-ring (bicyclic) bond motifs is 3. The zero-order valence-electron chi connectivity index (χ0n) is 28.6. The van der Waals surface area contributed by atoms with E-state index in [1.54, 1.807) is 0 Å². The SMILES string of the molecule is CCc1cccc(CC)c1-c1c(C)nn(-c2[c-]c(Oc3[c-]c4c(cc3)c3ccccc3n4-c3cc(C(C)(C)C)ccn3)ccc2)c1C.[Pd+2]. The third kappa shape index (κ3) is 5.89. The van der Waals surface area contributed by atoms with Crippen LogP contribution in [0.5, 0.6) is 11.5 Å². The molecule has 0 atom stereocenters. The molecular formula is C42H40N4OPd. The van der Waals surface area contributed by atoms with E-state index >= 15 is 0 Å². The Balaban J connectivity index is 0.00000401. The van der Waals surface area contributed by atoms with E-state index in [0.29, 0.717) is 11.5 Å². The van der Waals surface area contributed by atoms with Crippen molar-refractivity contribution >= 4 is 21.8 Å². The number of hydrogen-bond acceptors (Lipinski definition) is 3. The van der Waals surface area contributed by atoms with Crippen molar-refractivity contribution in [2.24, 2.45) is 0 Å². The summed E-state index contributed by atoms with van der Waals surface area (Å²) in [6.45, 7) is 15.3. The standard InChI is InChI=1S/C42H40N4O.Pd/c1-8-29-14-12-15-30(9-2)41(29)40-27(3)44-46(28(40)4)32-16-13-17-33(25-32)47-34-20-21-36-35-18-10-11-19-37(35)45(38(36)26-34)39-24-31(22-23-43-39)42(5,6)7;/h10-24H,8-9H2,1-7H3;/q-2;+2. The van der Waals surface area contributed by atoms with Crippen molar-refractivity contribution in [3.8, 4) is 34.1 Å². The summed E-state index contributed by atoms with van der Waals surface area (Å²) in [5.74, 6) is 2.08. The first-order chi connectivity index (χ1) is 22.7. The normalized spacial score (nSPS) is 11.6. The monoisotopic (exact) mass is 722 g/mol. The molecule has 0 saturated heterocycles. The molecule has 7 rings (SSSR count). The van der Waals surface area contributed by atoms with E-state index in [9.17, 15) is 0 Å². The quantitative estimate of drug-likeness (QED) is 0.122. The minimum absolute atomic E-state index is 0. The van der Waals surface area contributed by atoms with Crippen LogP contribution in [0.3, 0.4) is 0 Å². The fraction of sp³-hybridized carbons (Fsp3) is 0.238. The second-order valence-corrected chi connectivity index (χ2v) is 13.2. The van der Waals surface area contributed by atoms with Crippen LogP contribution >= 0.6 is 0 Å². The Bertz CT molecular complexity index is 2250. The van der Waals surface area contributed by atoms with Gasteiger partial charge in [0.05, 0.1) is 5.69 Å². The number of aromatic nitrogens is 4. The van der Waals surface area contributed by atoms with Crippen LogP contribution in [0.1, 0.15) is 62.7 Å². The third-order valence-corrected chi connectivity index (χ3v) is 9.14. The number of ether oxygens (including phenoxy) is 1. The summed E-state index contributed by atoms with van der Waals surface area (Å²) in [5, 5.41) is 7.25. The Labute approximate surface area is 297 Å². The predicted octanol–water partition coefficient (Wildman–Crippen LogP) is 10.5. The van der Waals surface area contributed by atoms with Crippen molar-refractivity contribution in [2.75, 3.05) is 0 Å². The van der Waals surface area contributed by atoms with Crippen LogP contribution in [0.15, 0.2) is 91.1 Å². The molecule has 244 valence electrons. The molecule has 0 bridgehead atoms. The number of rotatable bonds is 7. The van der Waals surface area contributed by atoms with Crippen molar-refractivity contribution in [3.05, 3.63) is 131 Å². The van der Waals surface area contributed by atoms with E-state index < -0.39 is 0 Å². The van der Waals surface area contributed by atoms with Gasteiger partial charge in [-0.05, 0) is 83.6 Å². The van der Waals surface area contributed by atoms with E-state index in [1.807, 2.05) is 35.1 Å². The fourth-order valence-electron chi connectivity index (χ4n) is 6.72. The Kier molecular flexibility index (Phi) is 9.18. The molecule has 0 aliphatic carbocycles. The molecule has 3 heterocycles. The molecule has 6 heteroatoms. The Morgan fingerprint density at radius 2 is 1.46 bits per heavy atom. The van der Waals surface area contributed by atoms with Gasteiger partial charge < -0.3 is 9.30 Å². The molecule has 0 aliphatic rings. The molecule has 0 aliphatic heterocycles. The maximum absolute atomic E-state index is 6.46. The summed E-state index contributed by atoms with van der Waals surface area (Å²) in [6.07, 6.45) is 3.84. The largest absolute Gasteiger partial charge is 2.00 e. The summed E-state index contributed by atoms with van der Waals surface area (Å²) in [5.41, 5.74) is 11.4. The molecular weight excluding hydrogens is 683 g/mol. The number of nitrogens with zero attached hydrogens (tertiary/aromatic N) is 4. The first-order valence-electron chi connectivity index (χ1n) is 16.5. The van der Waals surface area contributed by atoms with E-state index in [-0.39, 0.29) is 25.8 Å². The number of pyridine rings is 1. The van der Waals surface area contributed by atoms with Crippen LogP contribution in [-0.4, -0.2) is 19.3 Å². The Hall–Kier alpha value is -4.50. The first kappa shape index (κ1) is 33.4. The van der Waals surface area contributed by atoms with Gasteiger partial charge in [-0.25, -0.2) is 4.98 Å². The van der Waals surface area contributed by atoms with Crippen LogP contribution in [-0.2, 0) is 38.7 Å². The molecule has 0 saturated carbocycles. The van der Waals surface area contributed by atoms with Crippen molar-refractivity contribution in [1.29, 1.82) is 0 Å². The van der Waals surface area contributed by atoms with Gasteiger partial charge in [0.15, 0.2) is 0 Å². The van der Waals surface area contributed by atoms with Gasteiger partial charge in [0.1, 0.15) is 5.82 Å². The third-order valence-electron chi connectivity index (χ3n) is 9.14. The minimum atomic E-state index is -0.000795. The van der Waals surface area contributed by atoms with Gasteiger partial charge >= 0.3 is 20.4 Å². The topological polar surface area (TPSA) is 44.9 Å². The molecule has 0 spiro atoms. The van der Waals surface area contributed by atoms with Crippen LogP contribution in [0.25, 0.3) is 44.4 Å². The molecule has 0 N–H and O–H groups in total. The summed E-state index contributed by atoms with van der Waals surface area (Å²) >= 11 is 0. The van der Waals surface area contributed by atoms with Gasteiger partial charge in [-0.15, -0.1) is 35.7 Å². The summed E-state index contributed by atoms with van der Waals surface area (Å²) in [6, 6.07) is 36.4. The number of aryl methyl sites for hydroxylation is 3. The molecule has 0 amide bonds. The average Bonchev–Trinajstić information content (AvgIpc) is 3.56. The number of benzene rings is 4. The zero-order chi connectivity index (χ0) is 32.9. The molecule has 3 aromatic heterocycles. The minimum Gasteiger partial charge on any atom is -0.509 e. The van der Waals surface area contributed by atoms with Crippen molar-refractivity contribution in [2.45, 2.75) is 66.7 Å². The number of para-hydroxylation sites is 1. The maximum Gasteiger partial charge on any atom is 2.00 e. The van der Waals surface area contributed by atoms with E-state index in [0.717, 1.165) is 57.5 Å². The van der Waals surface area contributed by atoms with Crippen LogP contribution in [0, 0.1) is 26.0 Å². The second kappa shape index (κ2) is 13.2. The van der Waals surface area contributed by atoms with Crippen molar-refractivity contribution < 1.29 is 25.2 Å². The average molecular weight is 723 g/mol. The summed E-state index contributed by atoms with van der Waals surface area (Å²) < 4.78 is 10.6. The molecule has 5 nitrogen and oxygen atoms in total. The molecule has 0 radical (unpaired) electrons. The van der Waals surface area contributed by atoms with E-state index in [4.69, 9.17) is 14.8 Å². The van der Waals surface area contributed by atoms with Crippen molar-refractivity contribution in [3.63, 3.8) is 0 Å². The van der Waals surface area contributed by atoms with Gasteiger partial charge in [-0.2, -0.15) is 17.2 Å². The Morgan fingerprint density at radius 3 is 2.19 bits per heavy atom. The van der Waals surface area contributed by atoms with Gasteiger partial charge in [0.2, 0.25) is 0 Å². The van der Waals surface area contributed by atoms with Gasteiger partial charge in [0.25, 0.3) is 0 Å². The molecule has 0 unspecified atom stereocenters. The van der Waals surface area contributed by atoms with Gasteiger partial charge in [0, 0.05) is 34.5 Å². The molecule has 48 heavy (non-hydrogen) atoms. The van der Waals surface area contributed by atoms with Gasteiger partial charge in [-0.1, -0.05) is 76.5 Å². The maximum atomic E-state index is 6.46. The van der Waals surface area contributed by atoms with Crippen LogP contribution in [0.4, 0.5) is 0 Å². The fourth-order valence-corrected chi connectivity index (χ4v) is 6.72. The predicted molar refractivity (Wildman–Crippen MR) is 192 cm³/mol. The van der Waals surface area contributed by atoms with Crippen LogP contribution < -0.4 is 4.74 Å². The Morgan fingerprint density at radius 1 is 0.750 bits per heavy atom. The van der Waals surface area contributed by atoms with Gasteiger partial charge in [-0.3, -0.25) is 4.68 Å². The summed E-state index contributed by atoms with van der Waals surface area (Å²) in [7, 11) is 0. The molecule has 4 aromatic carbocycles. The molecule has 0 fully saturated rings. The first-order valence-corrected chi connectivity index (χ1v) is 16.5. The van der Waals surface area contributed by atoms with Crippen LogP contribution in [0.2, 0.25) is 0 Å². The van der Waals surface area contributed by atoms with E-state index in [2.05, 4.69) is 126 Å². The number of hydrogen-bond donors (Lipinski definition) is 0. The van der Waals surface area contributed by atoms with E-state index in [1.165, 1.54) is 27.8 Å². The summed E-state index contributed by atoms with van der Waals surface area (Å²) in [4.78, 5) is 4.80. The smallest absolute Gasteiger partial charge is 0.509 e. The molecule has 7 aromatic rings.